The predicted octanol–water partition coefficient (Wildman–Crippen LogP) is 3.99. The van der Waals surface area contributed by atoms with Crippen molar-refractivity contribution in [2.24, 2.45) is 10.2 Å². The van der Waals surface area contributed by atoms with E-state index in [-0.39, 0.29) is 6.61 Å². The van der Waals surface area contributed by atoms with E-state index >= 15 is 0 Å². The van der Waals surface area contributed by atoms with Gasteiger partial charge in [-0.05, 0) is 17.7 Å². The summed E-state index contributed by atoms with van der Waals surface area (Å²) in [7, 11) is 1.95. The number of hydrogen-bond acceptors (Lipinski definition) is 4. The van der Waals surface area contributed by atoms with Gasteiger partial charge in [0.1, 0.15) is 5.71 Å². The molecule has 3 aromatic carbocycles. The van der Waals surface area contributed by atoms with Crippen LogP contribution in [-0.2, 0) is 0 Å². The Bertz CT molecular complexity index is 846. The quantitative estimate of drug-likeness (QED) is 0.513. The fourth-order valence-corrected chi connectivity index (χ4v) is 2.72. The topological polar surface area (TPSA) is 48.2 Å². The predicted molar refractivity (Wildman–Crippen MR) is 113 cm³/mol. The Morgan fingerprint density at radius 2 is 1.41 bits per heavy atom. The first-order chi connectivity index (χ1) is 13.3. The minimum atomic E-state index is 0.135. The number of anilines is 1. The van der Waals surface area contributed by atoms with Crippen LogP contribution in [0.25, 0.3) is 0 Å². The second kappa shape index (κ2) is 9.46. The molecule has 0 aromatic heterocycles. The first kappa shape index (κ1) is 18.5. The third-order valence-corrected chi connectivity index (χ3v) is 4.23. The van der Waals surface area contributed by atoms with E-state index in [0.29, 0.717) is 6.54 Å². The van der Waals surface area contributed by atoms with Gasteiger partial charge in [0.15, 0.2) is 0 Å². The molecule has 4 heteroatoms. The summed E-state index contributed by atoms with van der Waals surface area (Å²) in [5.74, 6) is 0. The fraction of sp³-hybridized carbons (Fsp3) is 0.130. The Kier molecular flexibility index (Phi) is 6.50. The molecule has 0 aliphatic heterocycles. The average Bonchev–Trinajstić information content (AvgIpc) is 2.73. The number of likely N-dealkylation sites (N-methyl/N-ethyl adjacent to an activating group) is 1. The van der Waals surface area contributed by atoms with Crippen LogP contribution in [0.4, 0.5) is 5.69 Å². The maximum absolute atomic E-state index is 9.03. The van der Waals surface area contributed by atoms with Crippen LogP contribution in [0.5, 0.6) is 0 Å². The molecular weight excluding hydrogens is 334 g/mol. The van der Waals surface area contributed by atoms with Crippen molar-refractivity contribution in [2.45, 2.75) is 0 Å². The standard InChI is InChI=1S/C23H23N3O/c1-26(16-17-27)22-14-12-19(13-15-22)18-24-25-23(20-8-4-2-5-9-20)21-10-6-3-7-11-21/h2-15,18,27H,16-17H2,1H3. The van der Waals surface area contributed by atoms with Gasteiger partial charge in [0.25, 0.3) is 0 Å². The Balaban J connectivity index is 1.82. The zero-order valence-corrected chi connectivity index (χ0v) is 15.4. The molecule has 0 aliphatic rings. The monoisotopic (exact) mass is 357 g/mol. The lowest BCUT2D eigenvalue weighted by Gasteiger charge is -2.17. The Labute approximate surface area is 160 Å². The molecule has 3 rings (SSSR count). The second-order valence-corrected chi connectivity index (χ2v) is 6.16. The highest BCUT2D eigenvalue weighted by molar-refractivity contribution is 6.12. The maximum atomic E-state index is 9.03. The summed E-state index contributed by atoms with van der Waals surface area (Å²) < 4.78 is 0. The molecule has 0 saturated heterocycles. The molecule has 0 amide bonds. The van der Waals surface area contributed by atoms with Crippen molar-refractivity contribution >= 4 is 17.6 Å². The normalized spacial score (nSPS) is 10.7. The molecule has 27 heavy (non-hydrogen) atoms. The number of aliphatic hydroxyl groups excluding tert-OH is 1. The molecule has 0 spiro atoms. The largest absolute Gasteiger partial charge is 0.395 e. The van der Waals surface area contributed by atoms with Gasteiger partial charge < -0.3 is 10.0 Å². The van der Waals surface area contributed by atoms with Crippen LogP contribution in [0, 0.1) is 0 Å². The van der Waals surface area contributed by atoms with E-state index in [1.54, 1.807) is 6.21 Å². The molecular formula is C23H23N3O. The second-order valence-electron chi connectivity index (χ2n) is 6.16. The Morgan fingerprint density at radius 3 is 1.93 bits per heavy atom. The van der Waals surface area contributed by atoms with Gasteiger partial charge in [-0.15, -0.1) is 5.10 Å². The summed E-state index contributed by atoms with van der Waals surface area (Å²) in [4.78, 5) is 2.00. The average molecular weight is 357 g/mol. The van der Waals surface area contributed by atoms with Crippen molar-refractivity contribution in [3.05, 3.63) is 102 Å². The number of nitrogens with zero attached hydrogens (tertiary/aromatic N) is 3. The van der Waals surface area contributed by atoms with Crippen LogP contribution >= 0.6 is 0 Å². The van der Waals surface area contributed by atoms with Crippen LogP contribution in [0.2, 0.25) is 0 Å². The zero-order chi connectivity index (χ0) is 18.9. The van der Waals surface area contributed by atoms with Crippen molar-refractivity contribution in [3.63, 3.8) is 0 Å². The van der Waals surface area contributed by atoms with Gasteiger partial charge in [-0.2, -0.15) is 5.10 Å². The van der Waals surface area contributed by atoms with Gasteiger partial charge >= 0.3 is 0 Å². The summed E-state index contributed by atoms with van der Waals surface area (Å²) in [6.45, 7) is 0.741. The first-order valence-electron chi connectivity index (χ1n) is 8.92. The maximum Gasteiger partial charge on any atom is 0.100 e. The molecule has 136 valence electrons. The summed E-state index contributed by atoms with van der Waals surface area (Å²) >= 11 is 0. The molecule has 0 atom stereocenters. The third kappa shape index (κ3) is 5.12. The van der Waals surface area contributed by atoms with Gasteiger partial charge in [-0.25, -0.2) is 0 Å². The van der Waals surface area contributed by atoms with Crippen LogP contribution in [0.15, 0.2) is 95.1 Å². The third-order valence-electron chi connectivity index (χ3n) is 4.23. The van der Waals surface area contributed by atoms with Crippen molar-refractivity contribution < 1.29 is 5.11 Å². The number of rotatable bonds is 7. The molecule has 0 aliphatic carbocycles. The van der Waals surface area contributed by atoms with E-state index in [0.717, 1.165) is 28.1 Å². The van der Waals surface area contributed by atoms with E-state index in [2.05, 4.69) is 10.2 Å². The van der Waals surface area contributed by atoms with Crippen LogP contribution < -0.4 is 4.90 Å². The van der Waals surface area contributed by atoms with Crippen molar-refractivity contribution in [1.82, 2.24) is 0 Å². The van der Waals surface area contributed by atoms with Gasteiger partial charge in [-0.3, -0.25) is 0 Å². The summed E-state index contributed by atoms with van der Waals surface area (Å²) in [6.07, 6.45) is 1.75. The molecule has 0 saturated carbocycles. The van der Waals surface area contributed by atoms with Crippen molar-refractivity contribution in [3.8, 4) is 0 Å². The number of aliphatic hydroxyl groups is 1. The van der Waals surface area contributed by atoms with Gasteiger partial charge in [-0.1, -0.05) is 72.8 Å². The van der Waals surface area contributed by atoms with Crippen LogP contribution in [-0.4, -0.2) is 37.2 Å². The highest BCUT2D eigenvalue weighted by atomic mass is 16.3. The lowest BCUT2D eigenvalue weighted by molar-refractivity contribution is 0.304. The lowest BCUT2D eigenvalue weighted by Crippen LogP contribution is -2.20. The zero-order valence-electron chi connectivity index (χ0n) is 15.4. The lowest BCUT2D eigenvalue weighted by atomic mass is 10.0. The van der Waals surface area contributed by atoms with Crippen molar-refractivity contribution in [2.75, 3.05) is 25.1 Å². The van der Waals surface area contributed by atoms with Gasteiger partial charge in [0, 0.05) is 30.4 Å². The molecule has 4 nitrogen and oxygen atoms in total. The Morgan fingerprint density at radius 1 is 0.852 bits per heavy atom. The molecule has 0 bridgehead atoms. The smallest absolute Gasteiger partial charge is 0.100 e. The highest BCUT2D eigenvalue weighted by Crippen LogP contribution is 2.13. The summed E-state index contributed by atoms with van der Waals surface area (Å²) in [6, 6.07) is 28.1. The molecule has 3 aromatic rings. The van der Waals surface area contributed by atoms with Gasteiger partial charge in [0.05, 0.1) is 12.8 Å². The van der Waals surface area contributed by atoms with E-state index < -0.39 is 0 Å². The first-order valence-corrected chi connectivity index (χ1v) is 8.92. The summed E-state index contributed by atoms with van der Waals surface area (Å²) in [5.41, 5.74) is 4.93. The van der Waals surface area contributed by atoms with E-state index in [1.165, 1.54) is 0 Å². The minimum absolute atomic E-state index is 0.135. The van der Waals surface area contributed by atoms with Crippen LogP contribution in [0.1, 0.15) is 16.7 Å². The molecule has 0 radical (unpaired) electrons. The van der Waals surface area contributed by atoms with Crippen LogP contribution in [0.3, 0.4) is 0 Å². The summed E-state index contributed by atoms with van der Waals surface area (Å²) in [5, 5.41) is 17.8. The molecule has 0 unspecified atom stereocenters. The SMILES string of the molecule is CN(CCO)c1ccc(C=NN=C(c2ccccc2)c2ccccc2)cc1. The number of hydrogen-bond donors (Lipinski definition) is 1. The molecule has 0 heterocycles. The number of benzene rings is 3. The van der Waals surface area contributed by atoms with E-state index in [9.17, 15) is 0 Å². The van der Waals surface area contributed by atoms with Crippen molar-refractivity contribution in [1.29, 1.82) is 0 Å². The minimum Gasteiger partial charge on any atom is -0.395 e. The van der Waals surface area contributed by atoms with Gasteiger partial charge in [0.2, 0.25) is 0 Å². The Hall–Kier alpha value is -3.24. The molecule has 1 N–H and O–H groups in total. The highest BCUT2D eigenvalue weighted by Gasteiger charge is 2.05. The van der Waals surface area contributed by atoms with E-state index in [1.807, 2.05) is 96.9 Å². The fourth-order valence-electron chi connectivity index (χ4n) is 2.72. The molecule has 0 fully saturated rings. The van der Waals surface area contributed by atoms with E-state index in [4.69, 9.17) is 5.11 Å².